The summed E-state index contributed by atoms with van der Waals surface area (Å²) in [6.45, 7) is 4.94. The zero-order chi connectivity index (χ0) is 19.6. The Labute approximate surface area is 170 Å². The van der Waals surface area contributed by atoms with Crippen molar-refractivity contribution in [3.63, 3.8) is 0 Å². The monoisotopic (exact) mass is 419 g/mol. The molecule has 0 spiro atoms. The van der Waals surface area contributed by atoms with Gasteiger partial charge in [0.1, 0.15) is 10.7 Å². The van der Waals surface area contributed by atoms with Gasteiger partial charge in [-0.3, -0.25) is 14.8 Å². The van der Waals surface area contributed by atoms with E-state index in [1.165, 1.54) is 6.07 Å². The molecule has 0 bridgehead atoms. The first-order valence-electron chi connectivity index (χ1n) is 9.25. The second-order valence-electron chi connectivity index (χ2n) is 7.01. The molecular formula is C19H22ClN5O2S. The van der Waals surface area contributed by atoms with Crippen LogP contribution in [0.3, 0.4) is 0 Å². The Kier molecular flexibility index (Phi) is 5.63. The predicted molar refractivity (Wildman–Crippen MR) is 110 cm³/mol. The van der Waals surface area contributed by atoms with Crippen molar-refractivity contribution in [1.29, 1.82) is 0 Å². The largest absolute Gasteiger partial charge is 0.341 e. The second-order valence-corrected chi connectivity index (χ2v) is 9.01. The molecule has 0 amide bonds. The maximum atomic E-state index is 12.5. The van der Waals surface area contributed by atoms with Gasteiger partial charge in [0.15, 0.2) is 0 Å². The summed E-state index contributed by atoms with van der Waals surface area (Å²) in [5, 5.41) is 3.52. The maximum Gasteiger partial charge on any atom is 0.286 e. The molecule has 4 rings (SSSR count). The molecule has 1 aromatic heterocycles. The summed E-state index contributed by atoms with van der Waals surface area (Å²) in [5.41, 5.74) is 1.59. The molecule has 9 heteroatoms. The number of hydrogen-bond donors (Lipinski definition) is 1. The van der Waals surface area contributed by atoms with Crippen molar-refractivity contribution in [3.8, 4) is 0 Å². The molecule has 1 fully saturated rings. The van der Waals surface area contributed by atoms with Crippen molar-refractivity contribution in [1.82, 2.24) is 14.8 Å². The molecule has 2 aliphatic heterocycles. The van der Waals surface area contributed by atoms with E-state index in [0.29, 0.717) is 23.1 Å². The minimum Gasteiger partial charge on any atom is -0.341 e. The van der Waals surface area contributed by atoms with E-state index >= 15 is 0 Å². The molecule has 0 aliphatic carbocycles. The van der Waals surface area contributed by atoms with Crippen LogP contribution in [0.25, 0.3) is 0 Å². The van der Waals surface area contributed by atoms with E-state index in [1.807, 2.05) is 24.4 Å². The number of nitrogens with zero attached hydrogens (tertiary/aromatic N) is 4. The van der Waals surface area contributed by atoms with E-state index in [-0.39, 0.29) is 4.90 Å². The molecule has 148 valence electrons. The molecule has 1 aromatic carbocycles. The molecule has 0 unspecified atom stereocenters. The van der Waals surface area contributed by atoms with Crippen LogP contribution in [-0.2, 0) is 16.6 Å². The average Bonchev–Trinajstić information content (AvgIpc) is 2.88. The summed E-state index contributed by atoms with van der Waals surface area (Å²) in [6.07, 6.45) is 2.83. The first kappa shape index (κ1) is 19.3. The van der Waals surface area contributed by atoms with Crippen molar-refractivity contribution < 1.29 is 8.42 Å². The van der Waals surface area contributed by atoms with Crippen LogP contribution in [0.15, 0.2) is 51.9 Å². The highest BCUT2D eigenvalue weighted by molar-refractivity contribution is 7.90. The van der Waals surface area contributed by atoms with Crippen LogP contribution in [0, 0.1) is 0 Å². The van der Waals surface area contributed by atoms with Gasteiger partial charge in [-0.25, -0.2) is 0 Å². The number of rotatable bonds is 4. The number of pyridine rings is 1. The molecule has 1 saturated heterocycles. The molecule has 0 saturated carbocycles. The van der Waals surface area contributed by atoms with Gasteiger partial charge in [-0.2, -0.15) is 8.42 Å². The van der Waals surface area contributed by atoms with Gasteiger partial charge >= 0.3 is 0 Å². The Morgan fingerprint density at radius 3 is 2.57 bits per heavy atom. The first-order chi connectivity index (χ1) is 13.5. The van der Waals surface area contributed by atoms with Crippen LogP contribution in [0.2, 0.25) is 5.02 Å². The topological polar surface area (TPSA) is 77.9 Å². The highest BCUT2D eigenvalue weighted by atomic mass is 35.5. The fourth-order valence-corrected chi connectivity index (χ4v) is 4.93. The molecule has 3 heterocycles. The van der Waals surface area contributed by atoms with E-state index in [4.69, 9.17) is 11.6 Å². The number of fused-ring (bicyclic) bond motifs is 1. The zero-order valence-corrected chi connectivity index (χ0v) is 17.0. The lowest BCUT2D eigenvalue weighted by Crippen LogP contribution is -2.38. The highest BCUT2D eigenvalue weighted by Gasteiger charge is 2.26. The normalized spacial score (nSPS) is 20.0. The lowest BCUT2D eigenvalue weighted by Gasteiger charge is -2.24. The van der Waals surface area contributed by atoms with Crippen LogP contribution in [0.1, 0.15) is 12.1 Å². The summed E-state index contributed by atoms with van der Waals surface area (Å²) in [7, 11) is -3.73. The van der Waals surface area contributed by atoms with Gasteiger partial charge in [0.05, 0.1) is 17.9 Å². The molecule has 7 nitrogen and oxygen atoms in total. The zero-order valence-electron chi connectivity index (χ0n) is 15.4. The van der Waals surface area contributed by atoms with Crippen LogP contribution in [0.4, 0.5) is 5.69 Å². The molecule has 2 aromatic rings. The summed E-state index contributed by atoms with van der Waals surface area (Å²) in [4.78, 5) is 9.14. The van der Waals surface area contributed by atoms with E-state index in [1.54, 1.807) is 12.1 Å². The third kappa shape index (κ3) is 4.52. The number of hydrogen-bond acceptors (Lipinski definition) is 6. The number of sulfonamides is 1. The number of aromatic nitrogens is 1. The molecule has 0 atom stereocenters. The Morgan fingerprint density at radius 2 is 1.82 bits per heavy atom. The van der Waals surface area contributed by atoms with Crippen LogP contribution < -0.4 is 5.32 Å². The summed E-state index contributed by atoms with van der Waals surface area (Å²) in [6, 6.07) is 10.8. The fraction of sp³-hybridized carbons (Fsp3) is 0.368. The number of nitrogens with one attached hydrogen (secondary N) is 1. The van der Waals surface area contributed by atoms with Crippen molar-refractivity contribution in [2.45, 2.75) is 17.9 Å². The van der Waals surface area contributed by atoms with Gasteiger partial charge < -0.3 is 5.32 Å². The van der Waals surface area contributed by atoms with Crippen molar-refractivity contribution in [3.05, 3.63) is 53.3 Å². The smallest absolute Gasteiger partial charge is 0.286 e. The number of amidine groups is 1. The first-order valence-corrected chi connectivity index (χ1v) is 11.1. The van der Waals surface area contributed by atoms with Crippen LogP contribution in [0.5, 0.6) is 0 Å². The summed E-state index contributed by atoms with van der Waals surface area (Å²) >= 11 is 5.93. The van der Waals surface area contributed by atoms with Crippen LogP contribution in [-0.4, -0.2) is 61.8 Å². The quantitative estimate of drug-likeness (QED) is 0.820. The van der Waals surface area contributed by atoms with E-state index in [2.05, 4.69) is 24.5 Å². The lowest BCUT2D eigenvalue weighted by molar-refractivity contribution is 0.262. The molecule has 28 heavy (non-hydrogen) atoms. The van der Waals surface area contributed by atoms with Gasteiger partial charge in [-0.05, 0) is 49.8 Å². The molecule has 2 aliphatic rings. The van der Waals surface area contributed by atoms with E-state index < -0.39 is 10.0 Å². The SMILES string of the molecule is O=S1(=O)N=C(CN2CCCN(Cc3ccccn3)CC2)Nc2ccc(Cl)cc21. The van der Waals surface area contributed by atoms with Gasteiger partial charge in [0, 0.05) is 30.9 Å². The Hall–Kier alpha value is -2.00. The Bertz CT molecular complexity index is 981. The molecule has 0 radical (unpaired) electrons. The second kappa shape index (κ2) is 8.16. The predicted octanol–water partition coefficient (Wildman–Crippen LogP) is 2.46. The Morgan fingerprint density at radius 1 is 1.04 bits per heavy atom. The lowest BCUT2D eigenvalue weighted by atomic mass is 10.3. The highest BCUT2D eigenvalue weighted by Crippen LogP contribution is 2.30. The van der Waals surface area contributed by atoms with Gasteiger partial charge in [-0.15, -0.1) is 4.40 Å². The standard InChI is InChI=1S/C19H22ClN5O2S/c20-15-5-6-17-18(12-15)28(26,27)23-19(22-17)14-25-9-3-8-24(10-11-25)13-16-4-1-2-7-21-16/h1-2,4-7,12H,3,8-11,13-14H2,(H,22,23). The van der Waals surface area contributed by atoms with E-state index in [9.17, 15) is 8.42 Å². The third-order valence-corrected chi connectivity index (χ3v) is 6.49. The minimum atomic E-state index is -3.73. The van der Waals surface area contributed by atoms with Crippen molar-refractivity contribution in [2.75, 3.05) is 38.0 Å². The maximum absolute atomic E-state index is 12.5. The Balaban J connectivity index is 1.40. The van der Waals surface area contributed by atoms with Crippen molar-refractivity contribution >= 4 is 33.1 Å². The van der Waals surface area contributed by atoms with Gasteiger partial charge in [0.25, 0.3) is 10.0 Å². The number of halogens is 1. The minimum absolute atomic E-state index is 0.126. The summed E-state index contributed by atoms with van der Waals surface area (Å²) < 4.78 is 28.9. The molecule has 1 N–H and O–H groups in total. The number of anilines is 1. The number of benzene rings is 1. The van der Waals surface area contributed by atoms with Crippen molar-refractivity contribution in [2.24, 2.45) is 4.40 Å². The fourth-order valence-electron chi connectivity index (χ4n) is 3.53. The third-order valence-electron chi connectivity index (χ3n) is 4.90. The van der Waals surface area contributed by atoms with Gasteiger partial charge in [0.2, 0.25) is 0 Å². The van der Waals surface area contributed by atoms with Gasteiger partial charge in [-0.1, -0.05) is 17.7 Å². The van der Waals surface area contributed by atoms with Crippen LogP contribution >= 0.6 is 11.6 Å². The van der Waals surface area contributed by atoms with E-state index in [0.717, 1.165) is 44.8 Å². The summed E-state index contributed by atoms with van der Waals surface area (Å²) in [5.74, 6) is 0.452. The molecular weight excluding hydrogens is 398 g/mol. The average molecular weight is 420 g/mol.